The maximum atomic E-state index is 11.5. The molecule has 1 rings (SSSR count). The highest BCUT2D eigenvalue weighted by atomic mass is 16.6. The summed E-state index contributed by atoms with van der Waals surface area (Å²) < 4.78 is 15.2. The minimum Gasteiger partial charge on any atom is -0.457 e. The summed E-state index contributed by atoms with van der Waals surface area (Å²) in [5.41, 5.74) is 0. The Morgan fingerprint density at radius 2 is 2.06 bits per heavy atom. The maximum absolute atomic E-state index is 11.5. The number of carbonyl (C=O) groups excluding carboxylic acids is 2. The molecule has 0 aliphatic carbocycles. The highest BCUT2D eigenvalue weighted by molar-refractivity contribution is 5.78. The van der Waals surface area contributed by atoms with Gasteiger partial charge < -0.3 is 14.2 Å². The summed E-state index contributed by atoms with van der Waals surface area (Å²) >= 11 is 0. The van der Waals surface area contributed by atoms with E-state index in [2.05, 4.69) is 0 Å². The third kappa shape index (κ3) is 4.18. The van der Waals surface area contributed by atoms with E-state index < -0.39 is 18.0 Å². The van der Waals surface area contributed by atoms with Gasteiger partial charge in [-0.25, -0.2) is 4.79 Å². The Bertz CT molecular complexity index is 255. The Labute approximate surface area is 95.0 Å². The van der Waals surface area contributed by atoms with Crippen molar-refractivity contribution in [3.8, 4) is 0 Å². The van der Waals surface area contributed by atoms with Crippen molar-refractivity contribution in [2.24, 2.45) is 0 Å². The van der Waals surface area contributed by atoms with Crippen LogP contribution in [0.2, 0.25) is 0 Å². The monoisotopic (exact) mass is 230 g/mol. The van der Waals surface area contributed by atoms with Crippen LogP contribution in [0.1, 0.15) is 33.6 Å². The van der Waals surface area contributed by atoms with E-state index in [4.69, 9.17) is 14.2 Å². The van der Waals surface area contributed by atoms with Crippen molar-refractivity contribution in [3.63, 3.8) is 0 Å². The van der Waals surface area contributed by atoms with E-state index in [1.807, 2.05) is 6.92 Å². The Kier molecular flexibility index (Phi) is 4.73. The molecule has 2 unspecified atom stereocenters. The van der Waals surface area contributed by atoms with Gasteiger partial charge in [0.2, 0.25) is 0 Å². The van der Waals surface area contributed by atoms with Gasteiger partial charge in [0.1, 0.15) is 6.10 Å². The summed E-state index contributed by atoms with van der Waals surface area (Å²) in [6, 6.07) is 0. The molecule has 92 valence electrons. The molecule has 0 aromatic rings. The SMILES string of the molecule is CC(=O)O[C@H](C)C(=O)OC1CCC(C)OC1. The molecule has 1 heterocycles. The van der Waals surface area contributed by atoms with Crippen molar-refractivity contribution in [2.75, 3.05) is 6.61 Å². The van der Waals surface area contributed by atoms with Crippen LogP contribution in [0.3, 0.4) is 0 Å². The molecule has 5 heteroatoms. The molecular formula is C11H18O5. The van der Waals surface area contributed by atoms with E-state index in [1.54, 1.807) is 0 Å². The summed E-state index contributed by atoms with van der Waals surface area (Å²) in [6.45, 7) is 5.16. The first kappa shape index (κ1) is 13.0. The summed E-state index contributed by atoms with van der Waals surface area (Å²) in [5, 5.41) is 0. The number of rotatable bonds is 3. The summed E-state index contributed by atoms with van der Waals surface area (Å²) in [5.74, 6) is -1.00. The Balaban J connectivity index is 2.31. The maximum Gasteiger partial charge on any atom is 0.347 e. The van der Waals surface area contributed by atoms with Gasteiger partial charge in [0.05, 0.1) is 12.7 Å². The van der Waals surface area contributed by atoms with Crippen LogP contribution >= 0.6 is 0 Å². The topological polar surface area (TPSA) is 61.8 Å². The number of carbonyl (C=O) groups is 2. The van der Waals surface area contributed by atoms with Crippen LogP contribution in [-0.4, -0.2) is 36.9 Å². The lowest BCUT2D eigenvalue weighted by Crippen LogP contribution is -2.35. The highest BCUT2D eigenvalue weighted by Gasteiger charge is 2.25. The smallest absolute Gasteiger partial charge is 0.347 e. The van der Waals surface area contributed by atoms with E-state index in [-0.39, 0.29) is 12.2 Å². The van der Waals surface area contributed by atoms with Gasteiger partial charge in [-0.05, 0) is 26.7 Å². The molecule has 0 N–H and O–H groups in total. The van der Waals surface area contributed by atoms with Gasteiger partial charge in [0, 0.05) is 6.92 Å². The molecule has 1 aliphatic heterocycles. The first-order valence-corrected chi connectivity index (χ1v) is 5.48. The van der Waals surface area contributed by atoms with Crippen LogP contribution in [-0.2, 0) is 23.8 Å². The second-order valence-corrected chi connectivity index (χ2v) is 4.03. The van der Waals surface area contributed by atoms with Gasteiger partial charge in [0.15, 0.2) is 6.10 Å². The Hall–Kier alpha value is -1.10. The van der Waals surface area contributed by atoms with Crippen LogP contribution in [0, 0.1) is 0 Å². The van der Waals surface area contributed by atoms with Crippen molar-refractivity contribution < 1.29 is 23.8 Å². The van der Waals surface area contributed by atoms with E-state index in [0.717, 1.165) is 12.8 Å². The molecule has 0 saturated carbocycles. The van der Waals surface area contributed by atoms with E-state index >= 15 is 0 Å². The molecule has 1 fully saturated rings. The fourth-order valence-electron chi connectivity index (χ4n) is 1.51. The predicted molar refractivity (Wildman–Crippen MR) is 55.8 cm³/mol. The predicted octanol–water partition coefficient (Wildman–Crippen LogP) is 1.05. The molecule has 3 atom stereocenters. The van der Waals surface area contributed by atoms with Crippen LogP contribution in [0.25, 0.3) is 0 Å². The Morgan fingerprint density at radius 3 is 2.56 bits per heavy atom. The fraction of sp³-hybridized carbons (Fsp3) is 0.818. The molecule has 0 aromatic carbocycles. The van der Waals surface area contributed by atoms with Gasteiger partial charge in [0.25, 0.3) is 0 Å². The van der Waals surface area contributed by atoms with E-state index in [9.17, 15) is 9.59 Å². The van der Waals surface area contributed by atoms with Gasteiger partial charge in [-0.1, -0.05) is 0 Å². The first-order valence-electron chi connectivity index (χ1n) is 5.48. The van der Waals surface area contributed by atoms with Crippen molar-refractivity contribution >= 4 is 11.9 Å². The van der Waals surface area contributed by atoms with Gasteiger partial charge in [-0.2, -0.15) is 0 Å². The lowest BCUT2D eigenvalue weighted by Gasteiger charge is -2.27. The minimum atomic E-state index is -0.850. The third-order valence-corrected chi connectivity index (χ3v) is 2.42. The molecule has 1 saturated heterocycles. The molecular weight excluding hydrogens is 212 g/mol. The zero-order valence-corrected chi connectivity index (χ0v) is 9.89. The van der Waals surface area contributed by atoms with Crippen LogP contribution in [0.5, 0.6) is 0 Å². The molecule has 0 aromatic heterocycles. The molecule has 5 nitrogen and oxygen atoms in total. The first-order chi connectivity index (χ1) is 7.49. The fourth-order valence-corrected chi connectivity index (χ4v) is 1.51. The molecule has 0 radical (unpaired) electrons. The quantitative estimate of drug-likeness (QED) is 0.678. The second-order valence-electron chi connectivity index (χ2n) is 4.03. The zero-order valence-electron chi connectivity index (χ0n) is 9.89. The van der Waals surface area contributed by atoms with Crippen LogP contribution in [0.4, 0.5) is 0 Å². The minimum absolute atomic E-state index is 0.221. The van der Waals surface area contributed by atoms with E-state index in [1.165, 1.54) is 13.8 Å². The lowest BCUT2D eigenvalue weighted by atomic mass is 10.1. The number of hydrogen-bond acceptors (Lipinski definition) is 5. The standard InChI is InChI=1S/C11H18O5/c1-7-4-5-10(6-14-7)16-11(13)8(2)15-9(3)12/h7-8,10H,4-6H2,1-3H3/t7?,8-,10?/m1/s1. The lowest BCUT2D eigenvalue weighted by molar-refractivity contribution is -0.175. The van der Waals surface area contributed by atoms with Gasteiger partial charge in [-0.15, -0.1) is 0 Å². The van der Waals surface area contributed by atoms with Crippen molar-refractivity contribution in [3.05, 3.63) is 0 Å². The van der Waals surface area contributed by atoms with Crippen molar-refractivity contribution in [2.45, 2.75) is 51.9 Å². The summed E-state index contributed by atoms with van der Waals surface area (Å²) in [6.07, 6.45) is 0.818. The van der Waals surface area contributed by atoms with E-state index in [0.29, 0.717) is 6.61 Å². The molecule has 16 heavy (non-hydrogen) atoms. The zero-order chi connectivity index (χ0) is 12.1. The average molecular weight is 230 g/mol. The number of hydrogen-bond donors (Lipinski definition) is 0. The van der Waals surface area contributed by atoms with Gasteiger partial charge >= 0.3 is 11.9 Å². The normalized spacial score (nSPS) is 26.9. The van der Waals surface area contributed by atoms with Crippen molar-refractivity contribution in [1.29, 1.82) is 0 Å². The molecule has 0 spiro atoms. The van der Waals surface area contributed by atoms with Crippen molar-refractivity contribution in [1.82, 2.24) is 0 Å². The van der Waals surface area contributed by atoms with Crippen LogP contribution in [0.15, 0.2) is 0 Å². The number of ether oxygens (including phenoxy) is 3. The van der Waals surface area contributed by atoms with Gasteiger partial charge in [-0.3, -0.25) is 4.79 Å². The molecule has 0 amide bonds. The average Bonchev–Trinajstić information content (AvgIpc) is 2.20. The second kappa shape index (κ2) is 5.84. The Morgan fingerprint density at radius 1 is 1.38 bits per heavy atom. The summed E-state index contributed by atoms with van der Waals surface area (Å²) in [7, 11) is 0. The molecule has 0 bridgehead atoms. The highest BCUT2D eigenvalue weighted by Crippen LogP contribution is 2.16. The third-order valence-electron chi connectivity index (χ3n) is 2.42. The van der Waals surface area contributed by atoms with Crippen LogP contribution < -0.4 is 0 Å². The summed E-state index contributed by atoms with van der Waals surface area (Å²) in [4.78, 5) is 22.1. The number of esters is 2. The molecule has 1 aliphatic rings. The largest absolute Gasteiger partial charge is 0.457 e.